The molecular formula is C10H15BrCl3N3. The Labute approximate surface area is 127 Å². The Hall–Kier alpha value is 0.420. The number of pyridine rings is 1. The lowest BCUT2D eigenvalue weighted by atomic mass is 10.00. The minimum Gasteiger partial charge on any atom is -0.311 e. The van der Waals surface area contributed by atoms with Crippen molar-refractivity contribution >= 4 is 52.3 Å². The van der Waals surface area contributed by atoms with Crippen LogP contribution in [0.15, 0.2) is 16.7 Å². The summed E-state index contributed by atoms with van der Waals surface area (Å²) in [6.45, 7) is 4.16. The molecule has 0 saturated carbocycles. The monoisotopic (exact) mass is 361 g/mol. The van der Waals surface area contributed by atoms with Gasteiger partial charge in [0.05, 0.1) is 0 Å². The highest BCUT2D eigenvalue weighted by molar-refractivity contribution is 9.10. The molecule has 1 fully saturated rings. The lowest BCUT2D eigenvalue weighted by Crippen LogP contribution is -2.49. The molecule has 98 valence electrons. The first-order chi connectivity index (χ1) is 7.16. The van der Waals surface area contributed by atoms with Crippen LogP contribution in [0.1, 0.15) is 18.5 Å². The van der Waals surface area contributed by atoms with Gasteiger partial charge in [0, 0.05) is 25.2 Å². The van der Waals surface area contributed by atoms with Crippen LogP contribution < -0.4 is 10.6 Å². The number of nitrogens with one attached hydrogen (secondary N) is 2. The molecule has 1 aliphatic rings. The number of hydrogen-bond acceptors (Lipinski definition) is 3. The van der Waals surface area contributed by atoms with E-state index in [1.165, 1.54) is 5.56 Å². The van der Waals surface area contributed by atoms with E-state index in [1.54, 1.807) is 0 Å². The molecule has 1 aromatic rings. The highest BCUT2D eigenvalue weighted by Gasteiger charge is 2.22. The van der Waals surface area contributed by atoms with Crippen LogP contribution in [0.4, 0.5) is 0 Å². The number of nitrogens with zero attached hydrogens (tertiary/aromatic N) is 1. The van der Waals surface area contributed by atoms with Crippen LogP contribution in [0.3, 0.4) is 0 Å². The van der Waals surface area contributed by atoms with E-state index in [0.29, 0.717) is 17.2 Å². The molecule has 0 aliphatic carbocycles. The van der Waals surface area contributed by atoms with Crippen molar-refractivity contribution in [1.82, 2.24) is 15.6 Å². The predicted molar refractivity (Wildman–Crippen MR) is 79.7 cm³/mol. The average molecular weight is 364 g/mol. The Bertz CT molecular complexity index is 344. The third kappa shape index (κ3) is 4.54. The molecule has 1 saturated heterocycles. The van der Waals surface area contributed by atoms with Crippen LogP contribution in [0.2, 0.25) is 5.15 Å². The van der Waals surface area contributed by atoms with Crippen molar-refractivity contribution in [2.75, 3.05) is 13.1 Å². The molecule has 2 N–H and O–H groups in total. The van der Waals surface area contributed by atoms with Crippen molar-refractivity contribution in [3.05, 3.63) is 27.5 Å². The first-order valence-corrected chi connectivity index (χ1v) is 6.13. The van der Waals surface area contributed by atoms with Crippen molar-refractivity contribution in [3.63, 3.8) is 0 Å². The molecule has 0 radical (unpaired) electrons. The Morgan fingerprint density at radius 1 is 1.29 bits per heavy atom. The molecule has 2 heterocycles. The minimum absolute atomic E-state index is 0. The standard InChI is InChI=1S/C10H13BrClN3.2ClH/c1-6-10(14-3-2-13-6)7-4-8(11)15-9(12)5-7;;/h4-6,10,13-14H,2-3H2,1H3;2*1H/t6-,10+;;/m0../s1. The molecule has 1 aliphatic heterocycles. The van der Waals surface area contributed by atoms with Crippen LogP contribution in [0.5, 0.6) is 0 Å². The second-order valence-corrected chi connectivity index (χ2v) is 4.92. The summed E-state index contributed by atoms with van der Waals surface area (Å²) in [6, 6.07) is 4.63. The van der Waals surface area contributed by atoms with Crippen molar-refractivity contribution in [1.29, 1.82) is 0 Å². The third-order valence-electron chi connectivity index (χ3n) is 2.60. The van der Waals surface area contributed by atoms with Gasteiger partial charge in [0.15, 0.2) is 0 Å². The van der Waals surface area contributed by atoms with Crippen molar-refractivity contribution < 1.29 is 0 Å². The molecule has 0 unspecified atom stereocenters. The van der Waals surface area contributed by atoms with E-state index in [2.05, 4.69) is 38.5 Å². The van der Waals surface area contributed by atoms with Crippen LogP contribution in [-0.2, 0) is 0 Å². The largest absolute Gasteiger partial charge is 0.311 e. The zero-order valence-corrected chi connectivity index (χ0v) is 13.2. The second kappa shape index (κ2) is 7.77. The van der Waals surface area contributed by atoms with Crippen molar-refractivity contribution in [2.24, 2.45) is 0 Å². The van der Waals surface area contributed by atoms with Crippen molar-refractivity contribution in [3.8, 4) is 0 Å². The smallest absolute Gasteiger partial charge is 0.130 e. The molecular weight excluding hydrogens is 348 g/mol. The molecule has 2 atom stereocenters. The fraction of sp³-hybridized carbons (Fsp3) is 0.500. The van der Waals surface area contributed by atoms with Gasteiger partial charge in [0.25, 0.3) is 0 Å². The number of aromatic nitrogens is 1. The van der Waals surface area contributed by atoms with Gasteiger partial charge in [0.2, 0.25) is 0 Å². The molecule has 0 spiro atoms. The Kier molecular flexibility index (Phi) is 7.96. The van der Waals surface area contributed by atoms with Gasteiger partial charge < -0.3 is 10.6 Å². The molecule has 3 nitrogen and oxygen atoms in total. The number of rotatable bonds is 1. The fourth-order valence-corrected chi connectivity index (χ4v) is 2.67. The summed E-state index contributed by atoms with van der Waals surface area (Å²) in [7, 11) is 0. The third-order valence-corrected chi connectivity index (χ3v) is 3.20. The summed E-state index contributed by atoms with van der Waals surface area (Å²) < 4.78 is 0.782. The highest BCUT2D eigenvalue weighted by Crippen LogP contribution is 2.24. The Balaban J connectivity index is 0.00000128. The number of piperazine rings is 1. The van der Waals surface area contributed by atoms with Gasteiger partial charge in [-0.1, -0.05) is 11.6 Å². The Morgan fingerprint density at radius 2 is 1.94 bits per heavy atom. The van der Waals surface area contributed by atoms with Crippen LogP contribution in [-0.4, -0.2) is 24.1 Å². The molecule has 0 amide bonds. The van der Waals surface area contributed by atoms with Crippen LogP contribution in [0, 0.1) is 0 Å². The van der Waals surface area contributed by atoms with Crippen LogP contribution >= 0.6 is 52.3 Å². The van der Waals surface area contributed by atoms with Crippen molar-refractivity contribution in [2.45, 2.75) is 19.0 Å². The zero-order chi connectivity index (χ0) is 10.8. The molecule has 0 aromatic carbocycles. The molecule has 2 rings (SSSR count). The van der Waals surface area contributed by atoms with E-state index < -0.39 is 0 Å². The zero-order valence-electron chi connectivity index (χ0n) is 9.24. The molecule has 17 heavy (non-hydrogen) atoms. The van der Waals surface area contributed by atoms with E-state index in [-0.39, 0.29) is 24.8 Å². The molecule has 1 aromatic heterocycles. The predicted octanol–water partition coefficient (Wildman–Crippen LogP) is 2.96. The van der Waals surface area contributed by atoms with E-state index in [0.717, 1.165) is 17.7 Å². The minimum atomic E-state index is 0. The van der Waals surface area contributed by atoms with Gasteiger partial charge in [0.1, 0.15) is 9.76 Å². The first-order valence-electron chi connectivity index (χ1n) is 4.96. The summed E-state index contributed by atoms with van der Waals surface area (Å²) in [5.74, 6) is 0. The maximum atomic E-state index is 5.93. The van der Waals surface area contributed by atoms with E-state index >= 15 is 0 Å². The van der Waals surface area contributed by atoms with Crippen LogP contribution in [0.25, 0.3) is 0 Å². The van der Waals surface area contributed by atoms with Gasteiger partial charge in [-0.25, -0.2) is 4.98 Å². The average Bonchev–Trinajstić information content (AvgIpc) is 2.16. The van der Waals surface area contributed by atoms with Gasteiger partial charge in [-0.3, -0.25) is 0 Å². The summed E-state index contributed by atoms with van der Waals surface area (Å²) >= 11 is 9.28. The fourth-order valence-electron chi connectivity index (χ4n) is 1.89. The maximum absolute atomic E-state index is 5.93. The first kappa shape index (κ1) is 17.4. The lowest BCUT2D eigenvalue weighted by molar-refractivity contribution is 0.345. The summed E-state index contributed by atoms with van der Waals surface area (Å²) in [5, 5.41) is 7.42. The lowest BCUT2D eigenvalue weighted by Gasteiger charge is -2.31. The topological polar surface area (TPSA) is 37.0 Å². The normalized spacial score (nSPS) is 23.5. The maximum Gasteiger partial charge on any atom is 0.130 e. The van der Waals surface area contributed by atoms with Gasteiger partial charge >= 0.3 is 0 Å². The number of hydrogen-bond donors (Lipinski definition) is 2. The summed E-state index contributed by atoms with van der Waals surface area (Å²) in [4.78, 5) is 4.09. The summed E-state index contributed by atoms with van der Waals surface area (Å²) in [6.07, 6.45) is 0. The van der Waals surface area contributed by atoms with Gasteiger partial charge in [-0.15, -0.1) is 24.8 Å². The molecule has 7 heteroatoms. The van der Waals surface area contributed by atoms with E-state index in [4.69, 9.17) is 11.6 Å². The van der Waals surface area contributed by atoms with Gasteiger partial charge in [-0.2, -0.15) is 0 Å². The second-order valence-electron chi connectivity index (χ2n) is 3.72. The quantitative estimate of drug-likeness (QED) is 0.753. The van der Waals surface area contributed by atoms with E-state index in [1.807, 2.05) is 12.1 Å². The molecule has 0 bridgehead atoms. The SMILES string of the molecule is C[C@@H]1NCCN[C@H]1c1cc(Cl)nc(Br)c1.Cl.Cl. The summed E-state index contributed by atoms with van der Waals surface area (Å²) in [5.41, 5.74) is 1.17. The van der Waals surface area contributed by atoms with E-state index in [9.17, 15) is 0 Å². The van der Waals surface area contributed by atoms with Gasteiger partial charge in [-0.05, 0) is 40.5 Å². The number of halogens is 4. The highest BCUT2D eigenvalue weighted by atomic mass is 79.9. The Morgan fingerprint density at radius 3 is 2.53 bits per heavy atom.